The first-order valence-corrected chi connectivity index (χ1v) is 20.3. The van der Waals surface area contributed by atoms with Crippen LogP contribution in [0.5, 0.6) is 0 Å². The number of aromatic nitrogens is 2. The van der Waals surface area contributed by atoms with Gasteiger partial charge in [0.05, 0.1) is 22.1 Å². The third-order valence-corrected chi connectivity index (χ3v) is 12.6. The maximum Gasteiger partial charge on any atom is 0.0541 e. The largest absolute Gasteiger partial charge is 0.309 e. The highest BCUT2D eigenvalue weighted by atomic mass is 15.0. The summed E-state index contributed by atoms with van der Waals surface area (Å²) in [5, 5.41) is 12.9. The van der Waals surface area contributed by atoms with E-state index < -0.39 is 0 Å². The molecular formula is C56H40N2. The van der Waals surface area contributed by atoms with Gasteiger partial charge in [0.15, 0.2) is 0 Å². The predicted molar refractivity (Wildman–Crippen MR) is 248 cm³/mol. The van der Waals surface area contributed by atoms with Crippen molar-refractivity contribution in [1.29, 1.82) is 0 Å². The van der Waals surface area contributed by atoms with Crippen molar-refractivity contribution in [2.75, 3.05) is 0 Å². The molecule has 2 heteroatoms. The van der Waals surface area contributed by atoms with E-state index in [1.165, 1.54) is 104 Å². The smallest absolute Gasteiger partial charge is 0.0541 e. The van der Waals surface area contributed by atoms with Gasteiger partial charge in [-0.1, -0.05) is 154 Å². The molecule has 0 amide bonds. The van der Waals surface area contributed by atoms with E-state index in [4.69, 9.17) is 0 Å². The fourth-order valence-electron chi connectivity index (χ4n) is 9.83. The standard InChI is InChI=1S/C56H40N2/c1-56(2,3)39-31-37-25-29-46-48(35-23-27-40(28-24-35)57-50-19-8-4-15-42(50)43-16-5-9-20-51(43)57)34-49(47-30-26-38(32-39)54(37)55(46)47)36-13-12-14-41(33-36)58-52-21-10-6-17-44(52)45-18-7-11-22-53(45)58/h4-34H,1-3H3. The van der Waals surface area contributed by atoms with Crippen molar-refractivity contribution in [3.05, 3.63) is 194 Å². The summed E-state index contributed by atoms with van der Waals surface area (Å²) >= 11 is 0. The van der Waals surface area contributed by atoms with E-state index >= 15 is 0 Å². The van der Waals surface area contributed by atoms with E-state index in [1.54, 1.807) is 0 Å². The molecule has 0 atom stereocenters. The highest BCUT2D eigenvalue weighted by Gasteiger charge is 2.21. The van der Waals surface area contributed by atoms with Crippen molar-refractivity contribution >= 4 is 75.9 Å². The van der Waals surface area contributed by atoms with Crippen LogP contribution in [0, 0.1) is 0 Å². The number of nitrogens with zero attached hydrogens (tertiary/aromatic N) is 2. The van der Waals surface area contributed by atoms with Crippen LogP contribution in [0.25, 0.3) is 110 Å². The van der Waals surface area contributed by atoms with Crippen LogP contribution in [0.1, 0.15) is 26.3 Å². The fourth-order valence-corrected chi connectivity index (χ4v) is 9.83. The number of hydrogen-bond donors (Lipinski definition) is 0. The van der Waals surface area contributed by atoms with Gasteiger partial charge in [-0.2, -0.15) is 0 Å². The third-order valence-electron chi connectivity index (χ3n) is 12.6. The molecule has 0 N–H and O–H groups in total. The minimum absolute atomic E-state index is 0.0478. The molecule has 12 aromatic rings. The van der Waals surface area contributed by atoms with E-state index in [-0.39, 0.29) is 5.41 Å². The van der Waals surface area contributed by atoms with Crippen LogP contribution in [0.15, 0.2) is 188 Å². The molecule has 0 aliphatic heterocycles. The summed E-state index contributed by atoms with van der Waals surface area (Å²) in [6.07, 6.45) is 0. The summed E-state index contributed by atoms with van der Waals surface area (Å²) in [5.41, 5.74) is 13.5. The number of fused-ring (bicyclic) bond motifs is 6. The Hall–Kier alpha value is -7.16. The Labute approximate surface area is 337 Å². The summed E-state index contributed by atoms with van der Waals surface area (Å²) in [6, 6.07) is 70.1. The lowest BCUT2D eigenvalue weighted by Gasteiger charge is -2.23. The second-order valence-electron chi connectivity index (χ2n) is 17.0. The molecular weight excluding hydrogens is 701 g/mol. The first kappa shape index (κ1) is 33.0. The zero-order valence-corrected chi connectivity index (χ0v) is 32.8. The van der Waals surface area contributed by atoms with Crippen molar-refractivity contribution in [2.24, 2.45) is 0 Å². The normalized spacial score (nSPS) is 12.4. The van der Waals surface area contributed by atoms with Crippen LogP contribution in [-0.2, 0) is 5.41 Å². The Kier molecular flexibility index (Phi) is 6.93. The Balaban J connectivity index is 1.10. The molecule has 12 rings (SSSR count). The molecule has 2 aromatic heterocycles. The van der Waals surface area contributed by atoms with Gasteiger partial charge in [-0.25, -0.2) is 0 Å². The third kappa shape index (κ3) is 4.79. The molecule has 0 aliphatic carbocycles. The van der Waals surface area contributed by atoms with Crippen molar-refractivity contribution in [1.82, 2.24) is 9.13 Å². The Morgan fingerprint density at radius 1 is 0.328 bits per heavy atom. The van der Waals surface area contributed by atoms with Crippen LogP contribution in [-0.4, -0.2) is 9.13 Å². The summed E-state index contributed by atoms with van der Waals surface area (Å²) in [4.78, 5) is 0. The quantitative estimate of drug-likeness (QED) is 0.159. The van der Waals surface area contributed by atoms with Gasteiger partial charge in [-0.3, -0.25) is 0 Å². The fraction of sp³-hybridized carbons (Fsp3) is 0.0714. The second-order valence-corrected chi connectivity index (χ2v) is 17.0. The van der Waals surface area contributed by atoms with Crippen molar-refractivity contribution < 1.29 is 0 Å². The monoisotopic (exact) mass is 740 g/mol. The van der Waals surface area contributed by atoms with E-state index in [2.05, 4.69) is 218 Å². The molecule has 0 saturated heterocycles. The Bertz CT molecular complexity index is 3460. The molecule has 274 valence electrons. The number of benzene rings is 10. The lowest BCUT2D eigenvalue weighted by molar-refractivity contribution is 0.591. The second kappa shape index (κ2) is 12.2. The van der Waals surface area contributed by atoms with Crippen molar-refractivity contribution in [3.63, 3.8) is 0 Å². The van der Waals surface area contributed by atoms with Crippen LogP contribution >= 0.6 is 0 Å². The lowest BCUT2D eigenvalue weighted by atomic mass is 9.81. The van der Waals surface area contributed by atoms with Gasteiger partial charge in [-0.15, -0.1) is 0 Å². The SMILES string of the molecule is CC(C)(C)c1cc2ccc3c(-c4ccc(-n5c6ccccc6c6ccccc65)cc4)cc(-c4cccc(-n5c6ccccc6c6ccccc65)c4)c4ccc(c1)c2c34. The predicted octanol–water partition coefficient (Wildman–Crippen LogP) is 15.4. The molecule has 2 heterocycles. The number of para-hydroxylation sites is 4. The highest BCUT2D eigenvalue weighted by molar-refractivity contribution is 6.28. The first-order chi connectivity index (χ1) is 28.4. The summed E-state index contributed by atoms with van der Waals surface area (Å²) < 4.78 is 4.82. The van der Waals surface area contributed by atoms with Gasteiger partial charge in [0.25, 0.3) is 0 Å². The summed E-state index contributed by atoms with van der Waals surface area (Å²) in [5.74, 6) is 0. The Morgan fingerprint density at radius 2 is 0.793 bits per heavy atom. The minimum Gasteiger partial charge on any atom is -0.309 e. The molecule has 0 fully saturated rings. The van der Waals surface area contributed by atoms with E-state index in [1.807, 2.05) is 0 Å². The maximum atomic E-state index is 2.45. The minimum atomic E-state index is 0.0478. The highest BCUT2D eigenvalue weighted by Crippen LogP contribution is 2.46. The molecule has 58 heavy (non-hydrogen) atoms. The molecule has 2 nitrogen and oxygen atoms in total. The van der Waals surface area contributed by atoms with E-state index in [9.17, 15) is 0 Å². The number of hydrogen-bond acceptors (Lipinski definition) is 0. The van der Waals surface area contributed by atoms with Gasteiger partial charge in [-0.05, 0) is 120 Å². The summed E-state index contributed by atoms with van der Waals surface area (Å²) in [7, 11) is 0. The van der Waals surface area contributed by atoms with Crippen LogP contribution in [0.2, 0.25) is 0 Å². The molecule has 10 aromatic carbocycles. The van der Waals surface area contributed by atoms with E-state index in [0.29, 0.717) is 0 Å². The zero-order valence-electron chi connectivity index (χ0n) is 32.8. The molecule has 0 bridgehead atoms. The molecule has 0 unspecified atom stereocenters. The van der Waals surface area contributed by atoms with Crippen molar-refractivity contribution in [3.8, 4) is 33.6 Å². The van der Waals surface area contributed by atoms with Gasteiger partial charge >= 0.3 is 0 Å². The van der Waals surface area contributed by atoms with Gasteiger partial charge in [0.1, 0.15) is 0 Å². The van der Waals surface area contributed by atoms with Crippen LogP contribution < -0.4 is 0 Å². The zero-order chi connectivity index (χ0) is 38.7. The van der Waals surface area contributed by atoms with Gasteiger partial charge < -0.3 is 9.13 Å². The molecule has 0 aliphatic rings. The lowest BCUT2D eigenvalue weighted by Crippen LogP contribution is -2.10. The van der Waals surface area contributed by atoms with E-state index in [0.717, 1.165) is 11.4 Å². The molecule has 0 spiro atoms. The summed E-state index contributed by atoms with van der Waals surface area (Å²) in [6.45, 7) is 6.93. The van der Waals surface area contributed by atoms with Gasteiger partial charge in [0.2, 0.25) is 0 Å². The topological polar surface area (TPSA) is 9.86 Å². The first-order valence-electron chi connectivity index (χ1n) is 20.3. The number of rotatable bonds is 4. The average molecular weight is 741 g/mol. The van der Waals surface area contributed by atoms with Gasteiger partial charge in [0, 0.05) is 32.9 Å². The Morgan fingerprint density at radius 3 is 1.29 bits per heavy atom. The molecule has 0 radical (unpaired) electrons. The van der Waals surface area contributed by atoms with Crippen LogP contribution in [0.4, 0.5) is 0 Å². The average Bonchev–Trinajstić information content (AvgIpc) is 3.78. The van der Waals surface area contributed by atoms with Crippen LogP contribution in [0.3, 0.4) is 0 Å². The maximum absolute atomic E-state index is 2.45. The van der Waals surface area contributed by atoms with Crippen molar-refractivity contribution in [2.45, 2.75) is 26.2 Å². The molecule has 0 saturated carbocycles.